The summed E-state index contributed by atoms with van der Waals surface area (Å²) in [6, 6.07) is 30.6. The van der Waals surface area contributed by atoms with Crippen molar-refractivity contribution >= 4 is 28.5 Å². The highest BCUT2D eigenvalue weighted by molar-refractivity contribution is 5.98. The zero-order valence-electron chi connectivity index (χ0n) is 25.9. The van der Waals surface area contributed by atoms with Crippen LogP contribution in [0.5, 0.6) is 5.75 Å². The predicted molar refractivity (Wildman–Crippen MR) is 179 cm³/mol. The Hall–Kier alpha value is -4.89. The van der Waals surface area contributed by atoms with E-state index in [-0.39, 0.29) is 29.7 Å². The number of nitrogens with zero attached hydrogens (tertiary/aromatic N) is 2. The lowest BCUT2D eigenvalue weighted by atomic mass is 9.90. The minimum absolute atomic E-state index is 0.00993. The van der Waals surface area contributed by atoms with Gasteiger partial charge in [-0.05, 0) is 59.0 Å². The molecule has 45 heavy (non-hydrogen) atoms. The molecular formula is C36H42N6O3. The number of hydrogen-bond acceptors (Lipinski definition) is 5. The molecule has 0 spiro atoms. The lowest BCUT2D eigenvalue weighted by Crippen LogP contribution is -2.54. The van der Waals surface area contributed by atoms with Crippen LogP contribution >= 0.6 is 0 Å². The molecule has 5 rings (SSSR count). The van der Waals surface area contributed by atoms with Crippen LogP contribution in [0.15, 0.2) is 102 Å². The standard InChI is InChI=1S/C36H42N6O3/c1-3-32(41-36(37)38)33-35(44)42(23-31(24-10-6-4-7-11-24)25-12-8-5-9-13-25)19-18-29(40-33)22-39-34(43)28-15-14-27-21-30(45-2)17-16-26(27)20-28/h4-17,20-21,29,31-33,40H,3,18-19,22-23H2,1-2H3,(H,39,43)(H4,37,38,41)/t29-,32?,33-/m0/s1. The normalized spacial score (nSPS) is 17.5. The van der Waals surface area contributed by atoms with Gasteiger partial charge >= 0.3 is 0 Å². The molecule has 1 heterocycles. The van der Waals surface area contributed by atoms with Gasteiger partial charge in [0.1, 0.15) is 11.8 Å². The maximum atomic E-state index is 14.2. The van der Waals surface area contributed by atoms with Crippen molar-refractivity contribution in [2.75, 3.05) is 26.7 Å². The maximum absolute atomic E-state index is 14.2. The Labute approximate surface area is 264 Å². The number of nitrogens with two attached hydrogens (primary N) is 2. The van der Waals surface area contributed by atoms with Crippen LogP contribution in [-0.4, -0.2) is 67.5 Å². The zero-order chi connectivity index (χ0) is 31.8. The highest BCUT2D eigenvalue weighted by atomic mass is 16.5. The number of rotatable bonds is 11. The average molecular weight is 607 g/mol. The number of amides is 2. The van der Waals surface area contributed by atoms with Crippen LogP contribution in [0.1, 0.15) is 47.2 Å². The number of hydrogen-bond donors (Lipinski definition) is 4. The third-order valence-electron chi connectivity index (χ3n) is 8.48. The summed E-state index contributed by atoms with van der Waals surface area (Å²) in [6.07, 6.45) is 1.21. The van der Waals surface area contributed by atoms with Crippen molar-refractivity contribution in [3.63, 3.8) is 0 Å². The van der Waals surface area contributed by atoms with E-state index in [1.165, 1.54) is 0 Å². The molecular weight excluding hydrogens is 564 g/mol. The van der Waals surface area contributed by atoms with Gasteiger partial charge < -0.3 is 26.4 Å². The summed E-state index contributed by atoms with van der Waals surface area (Å²) in [7, 11) is 1.63. The van der Waals surface area contributed by atoms with Gasteiger partial charge in [0, 0.05) is 37.2 Å². The van der Waals surface area contributed by atoms with Crippen LogP contribution in [0.25, 0.3) is 10.8 Å². The van der Waals surface area contributed by atoms with Gasteiger partial charge in [0.05, 0.1) is 13.2 Å². The fourth-order valence-electron chi connectivity index (χ4n) is 6.04. The first-order valence-corrected chi connectivity index (χ1v) is 15.5. The van der Waals surface area contributed by atoms with E-state index in [1.54, 1.807) is 7.11 Å². The lowest BCUT2D eigenvalue weighted by molar-refractivity contribution is -0.133. The topological polar surface area (TPSA) is 135 Å². The van der Waals surface area contributed by atoms with Crippen LogP contribution < -0.4 is 26.8 Å². The largest absolute Gasteiger partial charge is 0.497 e. The first kappa shape index (κ1) is 31.5. The van der Waals surface area contributed by atoms with Gasteiger partial charge in [0.15, 0.2) is 5.96 Å². The number of ether oxygens (including phenoxy) is 1. The number of carbonyl (C=O) groups excluding carboxylic acids is 2. The van der Waals surface area contributed by atoms with E-state index < -0.39 is 12.1 Å². The highest BCUT2D eigenvalue weighted by Gasteiger charge is 2.37. The number of benzene rings is 4. The molecule has 2 amide bonds. The molecule has 9 heteroatoms. The summed E-state index contributed by atoms with van der Waals surface area (Å²) in [5.74, 6) is 0.467. The van der Waals surface area contributed by atoms with Crippen molar-refractivity contribution < 1.29 is 14.3 Å². The van der Waals surface area contributed by atoms with E-state index in [1.807, 2.05) is 84.6 Å². The molecule has 4 aromatic carbocycles. The monoisotopic (exact) mass is 606 g/mol. The zero-order valence-corrected chi connectivity index (χ0v) is 25.9. The summed E-state index contributed by atoms with van der Waals surface area (Å²) >= 11 is 0. The molecule has 1 aliphatic heterocycles. The van der Waals surface area contributed by atoms with Crippen molar-refractivity contribution in [1.82, 2.24) is 15.5 Å². The summed E-state index contributed by atoms with van der Waals surface area (Å²) in [5.41, 5.74) is 14.4. The molecule has 0 aliphatic carbocycles. The molecule has 6 N–H and O–H groups in total. The van der Waals surface area contributed by atoms with Crippen LogP contribution in [0.3, 0.4) is 0 Å². The number of carbonyl (C=O) groups is 2. The SMILES string of the molecule is CCC(N=C(N)N)[C@@H]1N[C@H](CNC(=O)c2ccc3cc(OC)ccc3c2)CCN(CC(c2ccccc2)c2ccccc2)C1=O. The number of aliphatic imine (C=N–C) groups is 1. The fraction of sp³-hybridized carbons (Fsp3) is 0.306. The molecule has 3 atom stereocenters. The fourth-order valence-corrected chi connectivity index (χ4v) is 6.04. The Bertz CT molecular complexity index is 1580. The second-order valence-electron chi connectivity index (χ2n) is 11.5. The van der Waals surface area contributed by atoms with Gasteiger partial charge in [-0.2, -0.15) is 0 Å². The van der Waals surface area contributed by atoms with Gasteiger partial charge in [-0.15, -0.1) is 0 Å². The molecule has 9 nitrogen and oxygen atoms in total. The molecule has 0 radical (unpaired) electrons. The van der Waals surface area contributed by atoms with Crippen molar-refractivity contribution in [3.8, 4) is 5.75 Å². The van der Waals surface area contributed by atoms with Crippen LogP contribution in [0, 0.1) is 0 Å². The third kappa shape index (κ3) is 7.80. The predicted octanol–water partition coefficient (Wildman–Crippen LogP) is 4.02. The van der Waals surface area contributed by atoms with Gasteiger partial charge in [-0.25, -0.2) is 4.99 Å². The molecule has 1 fully saturated rings. The van der Waals surface area contributed by atoms with Crippen LogP contribution in [0.2, 0.25) is 0 Å². The molecule has 1 saturated heterocycles. The van der Waals surface area contributed by atoms with Gasteiger partial charge in [0.25, 0.3) is 5.91 Å². The third-order valence-corrected chi connectivity index (χ3v) is 8.48. The van der Waals surface area contributed by atoms with Gasteiger partial charge in [-0.1, -0.05) is 79.7 Å². The van der Waals surface area contributed by atoms with Crippen molar-refractivity contribution in [1.29, 1.82) is 0 Å². The first-order valence-electron chi connectivity index (χ1n) is 15.5. The molecule has 4 aromatic rings. The minimum Gasteiger partial charge on any atom is -0.497 e. The molecule has 0 saturated carbocycles. The van der Waals surface area contributed by atoms with Gasteiger partial charge in [-0.3, -0.25) is 14.9 Å². The Morgan fingerprint density at radius 2 is 1.62 bits per heavy atom. The summed E-state index contributed by atoms with van der Waals surface area (Å²) in [6.45, 7) is 3.33. The molecule has 1 aliphatic rings. The second-order valence-corrected chi connectivity index (χ2v) is 11.5. The van der Waals surface area contributed by atoms with E-state index in [4.69, 9.17) is 16.2 Å². The van der Waals surface area contributed by atoms with E-state index in [2.05, 4.69) is 39.9 Å². The minimum atomic E-state index is -0.649. The molecule has 234 valence electrons. The summed E-state index contributed by atoms with van der Waals surface area (Å²) in [5, 5.41) is 8.54. The van der Waals surface area contributed by atoms with Gasteiger partial charge in [0.2, 0.25) is 5.91 Å². The van der Waals surface area contributed by atoms with Crippen molar-refractivity contribution in [2.45, 2.75) is 43.8 Å². The number of guanidine groups is 1. The highest BCUT2D eigenvalue weighted by Crippen LogP contribution is 2.27. The lowest BCUT2D eigenvalue weighted by Gasteiger charge is -2.31. The van der Waals surface area contributed by atoms with E-state index in [9.17, 15) is 9.59 Å². The quantitative estimate of drug-likeness (QED) is 0.151. The van der Waals surface area contributed by atoms with E-state index >= 15 is 0 Å². The average Bonchev–Trinajstić information content (AvgIpc) is 3.23. The number of nitrogens with one attached hydrogen (secondary N) is 2. The maximum Gasteiger partial charge on any atom is 0.251 e. The molecule has 0 bridgehead atoms. The Kier molecular flexibility index (Phi) is 10.3. The number of fused-ring (bicyclic) bond motifs is 1. The Morgan fingerprint density at radius 3 is 2.24 bits per heavy atom. The van der Waals surface area contributed by atoms with E-state index in [0.29, 0.717) is 38.0 Å². The first-order chi connectivity index (χ1) is 21.9. The van der Waals surface area contributed by atoms with Crippen molar-refractivity contribution in [3.05, 3.63) is 114 Å². The van der Waals surface area contributed by atoms with Crippen molar-refractivity contribution in [2.24, 2.45) is 16.5 Å². The molecule has 0 aromatic heterocycles. The smallest absolute Gasteiger partial charge is 0.251 e. The van der Waals surface area contributed by atoms with Crippen LogP contribution in [0.4, 0.5) is 0 Å². The Balaban J connectivity index is 1.36. The van der Waals surface area contributed by atoms with Crippen LogP contribution in [-0.2, 0) is 4.79 Å². The summed E-state index contributed by atoms with van der Waals surface area (Å²) in [4.78, 5) is 33.8. The number of methoxy groups -OCH3 is 1. The second kappa shape index (κ2) is 14.7. The molecule has 1 unspecified atom stereocenters. The van der Waals surface area contributed by atoms with E-state index in [0.717, 1.165) is 27.6 Å². The Morgan fingerprint density at radius 1 is 0.978 bits per heavy atom. The summed E-state index contributed by atoms with van der Waals surface area (Å²) < 4.78 is 5.32.